The van der Waals surface area contributed by atoms with Crippen molar-refractivity contribution >= 4 is 23.0 Å². The Hall–Kier alpha value is -2.21. The normalized spacial score (nSPS) is 28.5. The topological polar surface area (TPSA) is 65.4 Å². The molecule has 4 fully saturated rings. The number of nitrogens with one attached hydrogen (secondary N) is 1. The molecule has 0 radical (unpaired) electrons. The molecule has 0 atom stereocenters. The number of ether oxygens (including phenoxy) is 2. The summed E-state index contributed by atoms with van der Waals surface area (Å²) in [5.41, 5.74) is 0.831. The maximum absolute atomic E-state index is 13.3. The van der Waals surface area contributed by atoms with Gasteiger partial charge in [0.05, 0.1) is 36.3 Å². The predicted molar refractivity (Wildman–Crippen MR) is 122 cm³/mol. The Kier molecular flexibility index (Phi) is 5.37. The van der Waals surface area contributed by atoms with E-state index in [1.165, 1.54) is 19.3 Å². The Morgan fingerprint density at radius 2 is 1.71 bits per heavy atom. The molecule has 1 heterocycles. The van der Waals surface area contributed by atoms with Gasteiger partial charge in [-0.05, 0) is 82.3 Å². The summed E-state index contributed by atoms with van der Waals surface area (Å²) in [6.45, 7) is 4.97. The van der Waals surface area contributed by atoms with Crippen LogP contribution in [0.5, 0.6) is 11.5 Å². The first-order valence-corrected chi connectivity index (χ1v) is 11.8. The Balaban J connectivity index is 1.47. The second-order valence-electron chi connectivity index (χ2n) is 9.38. The standard InChI is InChI=1S/C24H30ClN3O3/c1-3-30-18-5-6-21(31-4-2)19(10-18)27-20-14-26-28(23(29)22(20)25)24-11-15-7-16(12-24)9-17(8-15)13-24/h5-6,10,14-17,27H,3-4,7-9,11-13H2,1-2H3. The summed E-state index contributed by atoms with van der Waals surface area (Å²) in [5, 5.41) is 8.07. The molecule has 2 aromatic rings. The summed E-state index contributed by atoms with van der Waals surface area (Å²) in [4.78, 5) is 13.3. The van der Waals surface area contributed by atoms with Crippen LogP contribution in [0.4, 0.5) is 11.4 Å². The summed E-state index contributed by atoms with van der Waals surface area (Å²) in [6.07, 6.45) is 8.80. The SMILES string of the molecule is CCOc1ccc(OCC)c(Nc2cnn(C34CC5CC(CC(C5)C3)C4)c(=O)c2Cl)c1. The summed E-state index contributed by atoms with van der Waals surface area (Å²) in [5.74, 6) is 3.58. The van der Waals surface area contributed by atoms with Gasteiger partial charge >= 0.3 is 0 Å². The fourth-order valence-electron chi connectivity index (χ4n) is 6.47. The van der Waals surface area contributed by atoms with Gasteiger partial charge in [-0.15, -0.1) is 0 Å². The molecule has 4 bridgehead atoms. The highest BCUT2D eigenvalue weighted by atomic mass is 35.5. The number of hydrogen-bond acceptors (Lipinski definition) is 5. The van der Waals surface area contributed by atoms with Crippen molar-refractivity contribution in [1.29, 1.82) is 0 Å². The Bertz CT molecular complexity index is 1000. The average Bonchev–Trinajstić information content (AvgIpc) is 2.72. The first kappa shape index (κ1) is 20.7. The molecule has 31 heavy (non-hydrogen) atoms. The van der Waals surface area contributed by atoms with Crippen LogP contribution in [-0.4, -0.2) is 23.0 Å². The fourth-order valence-corrected chi connectivity index (χ4v) is 6.65. The van der Waals surface area contributed by atoms with E-state index in [4.69, 9.17) is 21.1 Å². The van der Waals surface area contributed by atoms with E-state index in [-0.39, 0.29) is 16.1 Å². The van der Waals surface area contributed by atoms with Crippen molar-refractivity contribution in [3.63, 3.8) is 0 Å². The molecule has 6 rings (SSSR count). The van der Waals surface area contributed by atoms with Gasteiger partial charge in [-0.25, -0.2) is 4.68 Å². The molecule has 0 unspecified atom stereocenters. The van der Waals surface area contributed by atoms with Gasteiger partial charge in [0.1, 0.15) is 16.5 Å². The monoisotopic (exact) mass is 443 g/mol. The molecule has 6 nitrogen and oxygen atoms in total. The molecule has 7 heteroatoms. The first-order chi connectivity index (χ1) is 15.0. The van der Waals surface area contributed by atoms with Crippen molar-refractivity contribution in [3.05, 3.63) is 39.8 Å². The zero-order valence-electron chi connectivity index (χ0n) is 18.2. The van der Waals surface area contributed by atoms with E-state index >= 15 is 0 Å². The van der Waals surface area contributed by atoms with Gasteiger partial charge in [-0.3, -0.25) is 4.79 Å². The molecule has 4 aliphatic carbocycles. The molecular formula is C24H30ClN3O3. The Morgan fingerprint density at radius 3 is 2.32 bits per heavy atom. The van der Waals surface area contributed by atoms with E-state index in [0.717, 1.165) is 42.8 Å². The second kappa shape index (κ2) is 8.05. The van der Waals surface area contributed by atoms with Crippen LogP contribution in [0.1, 0.15) is 52.4 Å². The molecule has 0 aliphatic heterocycles. The van der Waals surface area contributed by atoms with Crippen LogP contribution in [0, 0.1) is 17.8 Å². The molecule has 0 spiro atoms. The molecule has 4 saturated carbocycles. The van der Waals surface area contributed by atoms with Crippen molar-refractivity contribution in [3.8, 4) is 11.5 Å². The number of anilines is 2. The van der Waals surface area contributed by atoms with E-state index in [9.17, 15) is 4.79 Å². The third kappa shape index (κ3) is 3.69. The van der Waals surface area contributed by atoms with E-state index in [1.807, 2.05) is 32.0 Å². The van der Waals surface area contributed by atoms with Crippen LogP contribution in [0.3, 0.4) is 0 Å². The zero-order valence-corrected chi connectivity index (χ0v) is 19.0. The van der Waals surface area contributed by atoms with Crippen molar-refractivity contribution in [2.24, 2.45) is 17.8 Å². The minimum absolute atomic E-state index is 0.153. The molecular weight excluding hydrogens is 414 g/mol. The number of hydrogen-bond donors (Lipinski definition) is 1. The van der Waals surface area contributed by atoms with Crippen LogP contribution >= 0.6 is 11.6 Å². The van der Waals surface area contributed by atoms with Crippen LogP contribution in [0.25, 0.3) is 0 Å². The maximum atomic E-state index is 13.3. The van der Waals surface area contributed by atoms with Crippen molar-refractivity contribution in [1.82, 2.24) is 9.78 Å². The van der Waals surface area contributed by atoms with Crippen LogP contribution in [-0.2, 0) is 5.54 Å². The number of nitrogens with zero attached hydrogens (tertiary/aromatic N) is 2. The number of rotatable bonds is 7. The Morgan fingerprint density at radius 1 is 1.06 bits per heavy atom. The average molecular weight is 444 g/mol. The van der Waals surface area contributed by atoms with E-state index in [2.05, 4.69) is 10.4 Å². The zero-order chi connectivity index (χ0) is 21.6. The molecule has 1 N–H and O–H groups in total. The smallest absolute Gasteiger partial charge is 0.288 e. The Labute approximate surface area is 187 Å². The highest BCUT2D eigenvalue weighted by Crippen LogP contribution is 2.58. The van der Waals surface area contributed by atoms with Gasteiger partial charge in [-0.1, -0.05) is 11.6 Å². The minimum Gasteiger partial charge on any atom is -0.494 e. The highest BCUT2D eigenvalue weighted by Gasteiger charge is 2.53. The first-order valence-electron chi connectivity index (χ1n) is 11.5. The van der Waals surface area contributed by atoms with Crippen LogP contribution in [0.15, 0.2) is 29.2 Å². The lowest BCUT2D eigenvalue weighted by Crippen LogP contribution is -2.55. The van der Waals surface area contributed by atoms with E-state index in [0.29, 0.717) is 30.3 Å². The largest absolute Gasteiger partial charge is 0.494 e. The van der Waals surface area contributed by atoms with Crippen LogP contribution < -0.4 is 20.3 Å². The highest BCUT2D eigenvalue weighted by molar-refractivity contribution is 6.33. The third-order valence-electron chi connectivity index (χ3n) is 7.21. The van der Waals surface area contributed by atoms with Gasteiger partial charge in [-0.2, -0.15) is 5.10 Å². The van der Waals surface area contributed by atoms with E-state index < -0.39 is 0 Å². The molecule has 1 aromatic carbocycles. The van der Waals surface area contributed by atoms with Gasteiger partial charge in [0.15, 0.2) is 0 Å². The number of halogens is 1. The second-order valence-corrected chi connectivity index (χ2v) is 9.76. The number of benzene rings is 1. The lowest BCUT2D eigenvalue weighted by molar-refractivity contribution is -0.0518. The molecule has 0 amide bonds. The summed E-state index contributed by atoms with van der Waals surface area (Å²) in [7, 11) is 0. The quantitative estimate of drug-likeness (QED) is 0.623. The predicted octanol–water partition coefficient (Wildman–Crippen LogP) is 5.36. The summed E-state index contributed by atoms with van der Waals surface area (Å²) < 4.78 is 13.1. The molecule has 4 aliphatic rings. The lowest BCUT2D eigenvalue weighted by atomic mass is 9.53. The van der Waals surface area contributed by atoms with Gasteiger partial charge in [0.25, 0.3) is 5.56 Å². The van der Waals surface area contributed by atoms with Gasteiger partial charge in [0.2, 0.25) is 0 Å². The maximum Gasteiger partial charge on any atom is 0.288 e. The minimum atomic E-state index is -0.201. The summed E-state index contributed by atoms with van der Waals surface area (Å²) >= 11 is 6.61. The molecule has 166 valence electrons. The van der Waals surface area contributed by atoms with Crippen LogP contribution in [0.2, 0.25) is 5.02 Å². The molecule has 0 saturated heterocycles. The van der Waals surface area contributed by atoms with Crippen molar-refractivity contribution < 1.29 is 9.47 Å². The summed E-state index contributed by atoms with van der Waals surface area (Å²) in [6, 6.07) is 5.58. The van der Waals surface area contributed by atoms with Gasteiger partial charge in [0, 0.05) is 6.07 Å². The number of aromatic nitrogens is 2. The lowest BCUT2D eigenvalue weighted by Gasteiger charge is -2.56. The fraction of sp³-hybridized carbons (Fsp3) is 0.583. The van der Waals surface area contributed by atoms with Crippen molar-refractivity contribution in [2.75, 3.05) is 18.5 Å². The van der Waals surface area contributed by atoms with Gasteiger partial charge < -0.3 is 14.8 Å². The van der Waals surface area contributed by atoms with E-state index in [1.54, 1.807) is 10.9 Å². The van der Waals surface area contributed by atoms with Crippen molar-refractivity contribution in [2.45, 2.75) is 57.9 Å². The third-order valence-corrected chi connectivity index (χ3v) is 7.57. The molecule has 1 aromatic heterocycles.